The Hall–Kier alpha value is -0.780. The lowest BCUT2D eigenvalue weighted by atomic mass is 9.75. The van der Waals surface area contributed by atoms with Gasteiger partial charge in [-0.2, -0.15) is 0 Å². The molecule has 1 aromatic carbocycles. The molecule has 0 aliphatic heterocycles. The van der Waals surface area contributed by atoms with E-state index in [1.54, 1.807) is 16.7 Å². The van der Waals surface area contributed by atoms with Crippen molar-refractivity contribution in [3.05, 3.63) is 34.9 Å². The second-order valence-electron chi connectivity index (χ2n) is 7.91. The lowest BCUT2D eigenvalue weighted by Crippen LogP contribution is -2.16. The topological polar surface area (TPSA) is 0 Å². The molecule has 0 saturated heterocycles. The van der Waals surface area contributed by atoms with Gasteiger partial charge in [-0.3, -0.25) is 0 Å². The van der Waals surface area contributed by atoms with Gasteiger partial charge in [0.1, 0.15) is 0 Å². The van der Waals surface area contributed by atoms with Crippen molar-refractivity contribution in [2.24, 2.45) is 11.8 Å². The van der Waals surface area contributed by atoms with Crippen LogP contribution in [0.4, 0.5) is 0 Å². The van der Waals surface area contributed by atoms with E-state index >= 15 is 0 Å². The minimum Gasteiger partial charge on any atom is -0.0654 e. The van der Waals surface area contributed by atoms with Gasteiger partial charge in [-0.15, -0.1) is 0 Å². The Bertz CT molecular complexity index is 465. The van der Waals surface area contributed by atoms with Crippen molar-refractivity contribution in [2.45, 2.75) is 90.4 Å². The SMILES string of the molecule is CCCCC1CCc2cc([C@H]3CC[C@H](CC)CC3)ccc2C1. The van der Waals surface area contributed by atoms with E-state index in [1.807, 2.05) is 0 Å². The van der Waals surface area contributed by atoms with Gasteiger partial charge in [0.2, 0.25) is 0 Å². The van der Waals surface area contributed by atoms with Crippen LogP contribution in [0, 0.1) is 11.8 Å². The van der Waals surface area contributed by atoms with Gasteiger partial charge < -0.3 is 0 Å². The van der Waals surface area contributed by atoms with Crippen LogP contribution < -0.4 is 0 Å². The molecule has 1 unspecified atom stereocenters. The van der Waals surface area contributed by atoms with E-state index in [2.05, 4.69) is 32.0 Å². The Kier molecular flexibility index (Phi) is 5.61. The third-order valence-corrected chi connectivity index (χ3v) is 6.42. The average Bonchev–Trinajstić information content (AvgIpc) is 2.59. The van der Waals surface area contributed by atoms with Crippen LogP contribution in [0.3, 0.4) is 0 Å². The number of benzene rings is 1. The van der Waals surface area contributed by atoms with Gasteiger partial charge >= 0.3 is 0 Å². The van der Waals surface area contributed by atoms with E-state index in [-0.39, 0.29) is 0 Å². The molecule has 2 aliphatic carbocycles. The molecule has 0 heterocycles. The Morgan fingerprint density at radius 2 is 1.73 bits per heavy atom. The monoisotopic (exact) mass is 298 g/mol. The van der Waals surface area contributed by atoms with E-state index in [0.29, 0.717) is 0 Å². The lowest BCUT2D eigenvalue weighted by molar-refractivity contribution is 0.318. The van der Waals surface area contributed by atoms with Crippen LogP contribution in [0.2, 0.25) is 0 Å². The molecule has 0 N–H and O–H groups in total. The van der Waals surface area contributed by atoms with Crippen molar-refractivity contribution in [3.63, 3.8) is 0 Å². The zero-order valence-corrected chi connectivity index (χ0v) is 14.7. The number of hydrogen-bond donors (Lipinski definition) is 0. The normalized spacial score (nSPS) is 28.4. The van der Waals surface area contributed by atoms with Crippen LogP contribution in [-0.2, 0) is 12.8 Å². The molecule has 0 nitrogen and oxygen atoms in total. The van der Waals surface area contributed by atoms with Crippen LogP contribution in [0.15, 0.2) is 18.2 Å². The van der Waals surface area contributed by atoms with Crippen molar-refractivity contribution >= 4 is 0 Å². The summed E-state index contributed by atoms with van der Waals surface area (Å²) in [5, 5.41) is 0. The number of unbranched alkanes of at least 4 members (excludes halogenated alkanes) is 1. The van der Waals surface area contributed by atoms with Crippen LogP contribution in [0.1, 0.15) is 94.2 Å². The van der Waals surface area contributed by atoms with Crippen molar-refractivity contribution in [2.75, 3.05) is 0 Å². The largest absolute Gasteiger partial charge is 0.0654 e. The summed E-state index contributed by atoms with van der Waals surface area (Å²) in [5.74, 6) is 2.82. The maximum atomic E-state index is 2.59. The number of rotatable bonds is 5. The van der Waals surface area contributed by atoms with Crippen LogP contribution in [0.25, 0.3) is 0 Å². The maximum Gasteiger partial charge on any atom is -0.0162 e. The van der Waals surface area contributed by atoms with E-state index in [4.69, 9.17) is 0 Å². The third kappa shape index (κ3) is 3.76. The summed E-state index contributed by atoms with van der Waals surface area (Å²) in [6.07, 6.45) is 15.5. The first-order valence-electron chi connectivity index (χ1n) is 9.91. The highest BCUT2D eigenvalue weighted by Gasteiger charge is 2.23. The molecule has 122 valence electrons. The Labute approximate surface area is 137 Å². The van der Waals surface area contributed by atoms with Crippen LogP contribution in [-0.4, -0.2) is 0 Å². The molecule has 0 amide bonds. The van der Waals surface area contributed by atoms with Crippen LogP contribution >= 0.6 is 0 Å². The molecule has 1 atom stereocenters. The van der Waals surface area contributed by atoms with E-state index in [1.165, 1.54) is 70.6 Å². The molecule has 22 heavy (non-hydrogen) atoms. The smallest absolute Gasteiger partial charge is 0.0162 e. The summed E-state index contributed by atoms with van der Waals surface area (Å²) in [6.45, 7) is 4.68. The van der Waals surface area contributed by atoms with Gasteiger partial charge in [-0.1, -0.05) is 57.7 Å². The molecule has 2 aliphatic rings. The summed E-state index contributed by atoms with van der Waals surface area (Å²) in [6, 6.07) is 7.54. The molecule has 0 spiro atoms. The zero-order chi connectivity index (χ0) is 15.4. The minimum atomic E-state index is 0.853. The first-order chi connectivity index (χ1) is 10.8. The highest BCUT2D eigenvalue weighted by atomic mass is 14.3. The fraction of sp³-hybridized carbons (Fsp3) is 0.727. The van der Waals surface area contributed by atoms with Gasteiger partial charge in [-0.05, 0) is 79.4 Å². The third-order valence-electron chi connectivity index (χ3n) is 6.42. The summed E-state index contributed by atoms with van der Waals surface area (Å²) in [7, 11) is 0. The molecule has 1 fully saturated rings. The first kappa shape index (κ1) is 16.1. The molecule has 0 aromatic heterocycles. The fourth-order valence-corrected chi connectivity index (χ4v) is 4.75. The predicted molar refractivity (Wildman–Crippen MR) is 96.5 cm³/mol. The van der Waals surface area contributed by atoms with E-state index in [0.717, 1.165) is 17.8 Å². The van der Waals surface area contributed by atoms with Gasteiger partial charge in [0.05, 0.1) is 0 Å². The number of hydrogen-bond acceptors (Lipinski definition) is 0. The summed E-state index contributed by atoms with van der Waals surface area (Å²) in [5.41, 5.74) is 5.00. The molecule has 0 bridgehead atoms. The van der Waals surface area contributed by atoms with Gasteiger partial charge in [0.15, 0.2) is 0 Å². The van der Waals surface area contributed by atoms with Gasteiger partial charge in [0.25, 0.3) is 0 Å². The minimum absolute atomic E-state index is 0.853. The average molecular weight is 299 g/mol. The van der Waals surface area contributed by atoms with Crippen LogP contribution in [0.5, 0.6) is 0 Å². The molecule has 0 heteroatoms. The predicted octanol–water partition coefficient (Wildman–Crippen LogP) is 6.67. The van der Waals surface area contributed by atoms with E-state index < -0.39 is 0 Å². The Balaban J connectivity index is 1.63. The van der Waals surface area contributed by atoms with Gasteiger partial charge in [-0.25, -0.2) is 0 Å². The van der Waals surface area contributed by atoms with Crippen molar-refractivity contribution in [1.82, 2.24) is 0 Å². The molecular formula is C22H34. The summed E-state index contributed by atoms with van der Waals surface area (Å²) in [4.78, 5) is 0. The van der Waals surface area contributed by atoms with Crippen molar-refractivity contribution < 1.29 is 0 Å². The molecule has 3 rings (SSSR count). The maximum absolute atomic E-state index is 2.59. The van der Waals surface area contributed by atoms with Gasteiger partial charge in [0, 0.05) is 0 Å². The highest BCUT2D eigenvalue weighted by molar-refractivity contribution is 5.36. The van der Waals surface area contributed by atoms with Crippen molar-refractivity contribution in [1.29, 1.82) is 0 Å². The zero-order valence-electron chi connectivity index (χ0n) is 14.7. The number of fused-ring (bicyclic) bond motifs is 1. The molecule has 1 aromatic rings. The molecular weight excluding hydrogens is 264 g/mol. The number of aryl methyl sites for hydroxylation is 1. The lowest BCUT2D eigenvalue weighted by Gasteiger charge is -2.30. The second-order valence-corrected chi connectivity index (χ2v) is 7.91. The van der Waals surface area contributed by atoms with E-state index in [9.17, 15) is 0 Å². The molecule has 0 radical (unpaired) electrons. The summed E-state index contributed by atoms with van der Waals surface area (Å²) < 4.78 is 0. The van der Waals surface area contributed by atoms with Crippen molar-refractivity contribution in [3.8, 4) is 0 Å². The standard InChI is InChI=1S/C22H34/c1-3-5-6-18-9-12-22-16-21(14-13-20(22)15-18)19-10-7-17(4-2)8-11-19/h13-14,16-19H,3-12,15H2,1-2H3/t17-,18?,19-. The Morgan fingerprint density at radius 1 is 0.909 bits per heavy atom. The fourth-order valence-electron chi connectivity index (χ4n) is 4.75. The Morgan fingerprint density at radius 3 is 2.45 bits per heavy atom. The highest BCUT2D eigenvalue weighted by Crippen LogP contribution is 2.38. The first-order valence-corrected chi connectivity index (χ1v) is 9.91. The quantitative estimate of drug-likeness (QED) is 0.569. The molecule has 1 saturated carbocycles. The second kappa shape index (κ2) is 7.66. The summed E-state index contributed by atoms with van der Waals surface area (Å²) >= 11 is 0.